The first-order valence-corrected chi connectivity index (χ1v) is 9.54. The molecule has 2 aromatic rings. The Hall–Kier alpha value is -2.12. The van der Waals surface area contributed by atoms with Gasteiger partial charge in [-0.15, -0.1) is 0 Å². The second-order valence-electron chi connectivity index (χ2n) is 5.51. The fourth-order valence-corrected chi connectivity index (χ4v) is 3.55. The van der Waals surface area contributed by atoms with Crippen molar-refractivity contribution in [2.75, 3.05) is 13.4 Å². The highest BCUT2D eigenvalue weighted by Gasteiger charge is 2.18. The number of benzene rings is 2. The smallest absolute Gasteiger partial charge is 0.251 e. The van der Waals surface area contributed by atoms with E-state index < -0.39 is 27.6 Å². The van der Waals surface area contributed by atoms with Crippen LogP contribution in [0.3, 0.4) is 0 Å². The zero-order valence-corrected chi connectivity index (χ0v) is 15.4. The average Bonchev–Trinajstić information content (AvgIpc) is 2.53. The van der Waals surface area contributed by atoms with Gasteiger partial charge in [0.05, 0.1) is 23.1 Å². The first kappa shape index (κ1) is 19.2. The number of carbonyl (C=O) groups excluding carboxylic acids is 1. The molecule has 0 saturated carbocycles. The Morgan fingerprint density at radius 3 is 2.48 bits per heavy atom. The number of hydrogen-bond acceptors (Lipinski definition) is 4. The molecule has 5 nitrogen and oxygen atoms in total. The van der Waals surface area contributed by atoms with Crippen LogP contribution in [-0.4, -0.2) is 27.7 Å². The van der Waals surface area contributed by atoms with E-state index in [1.807, 2.05) is 0 Å². The number of nitrogens with one attached hydrogen (secondary N) is 1. The zero-order chi connectivity index (χ0) is 18.8. The summed E-state index contributed by atoms with van der Waals surface area (Å²) in [7, 11) is -2.19. The number of hydrogen-bond donors (Lipinski definition) is 1. The van der Waals surface area contributed by atoms with E-state index in [4.69, 9.17) is 16.3 Å². The molecule has 0 saturated heterocycles. The summed E-state index contributed by atoms with van der Waals surface area (Å²) in [5.74, 6) is -0.921. The summed E-state index contributed by atoms with van der Waals surface area (Å²) in [5, 5.41) is 2.74. The van der Waals surface area contributed by atoms with Crippen molar-refractivity contribution < 1.29 is 22.3 Å². The van der Waals surface area contributed by atoms with Crippen LogP contribution in [0.5, 0.6) is 5.75 Å². The molecular formula is C17H17ClFNO4S. The van der Waals surface area contributed by atoms with Crippen molar-refractivity contribution in [3.8, 4) is 5.75 Å². The van der Waals surface area contributed by atoms with Gasteiger partial charge in [0.2, 0.25) is 0 Å². The lowest BCUT2D eigenvalue weighted by atomic mass is 10.1. The SMILES string of the molecule is COc1ccc(C(C)NC(=O)c2ccc(Cl)c(S(C)(=O)=O)c2)cc1F. The summed E-state index contributed by atoms with van der Waals surface area (Å²) in [6.07, 6.45) is 1.01. The predicted molar refractivity (Wildman–Crippen MR) is 93.4 cm³/mol. The van der Waals surface area contributed by atoms with E-state index in [0.717, 1.165) is 6.26 Å². The summed E-state index contributed by atoms with van der Waals surface area (Å²) in [4.78, 5) is 12.2. The maximum absolute atomic E-state index is 13.8. The van der Waals surface area contributed by atoms with Gasteiger partial charge in [0.25, 0.3) is 5.91 Å². The molecule has 0 fully saturated rings. The molecule has 0 spiro atoms. The highest BCUT2D eigenvalue weighted by atomic mass is 35.5. The molecule has 0 bridgehead atoms. The maximum Gasteiger partial charge on any atom is 0.251 e. The molecule has 0 heterocycles. The second-order valence-corrected chi connectivity index (χ2v) is 7.90. The van der Waals surface area contributed by atoms with Gasteiger partial charge in [-0.05, 0) is 42.8 Å². The summed E-state index contributed by atoms with van der Waals surface area (Å²) in [5.41, 5.74) is 0.689. The monoisotopic (exact) mass is 385 g/mol. The first-order valence-electron chi connectivity index (χ1n) is 7.27. The van der Waals surface area contributed by atoms with Crippen LogP contribution >= 0.6 is 11.6 Å². The van der Waals surface area contributed by atoms with Crippen LogP contribution in [0.25, 0.3) is 0 Å². The summed E-state index contributed by atoms with van der Waals surface area (Å²) < 4.78 is 42.0. The minimum absolute atomic E-state index is 0.0457. The highest BCUT2D eigenvalue weighted by Crippen LogP contribution is 2.24. The van der Waals surface area contributed by atoms with E-state index in [1.165, 1.54) is 37.4 Å². The molecule has 1 N–H and O–H groups in total. The van der Waals surface area contributed by atoms with Crippen molar-refractivity contribution in [1.29, 1.82) is 0 Å². The fraction of sp³-hybridized carbons (Fsp3) is 0.235. The van der Waals surface area contributed by atoms with Gasteiger partial charge in [-0.1, -0.05) is 17.7 Å². The lowest BCUT2D eigenvalue weighted by Gasteiger charge is -2.16. The standard InChI is InChI=1S/C17H17ClFNO4S/c1-10(11-5-7-15(24-2)14(19)8-11)20-17(21)12-4-6-13(18)16(9-12)25(3,22)23/h4-10H,1-3H3,(H,20,21). The highest BCUT2D eigenvalue weighted by molar-refractivity contribution is 7.90. The van der Waals surface area contributed by atoms with E-state index in [1.54, 1.807) is 13.0 Å². The summed E-state index contributed by atoms with van der Waals surface area (Å²) in [6.45, 7) is 1.69. The van der Waals surface area contributed by atoms with E-state index in [0.29, 0.717) is 5.56 Å². The summed E-state index contributed by atoms with van der Waals surface area (Å²) >= 11 is 5.87. The van der Waals surface area contributed by atoms with Gasteiger partial charge in [-0.3, -0.25) is 4.79 Å². The minimum Gasteiger partial charge on any atom is -0.494 e. The van der Waals surface area contributed by atoms with Crippen molar-refractivity contribution >= 4 is 27.3 Å². The molecule has 1 unspecified atom stereocenters. The molecule has 25 heavy (non-hydrogen) atoms. The molecule has 2 aromatic carbocycles. The molecule has 8 heteroatoms. The molecule has 2 rings (SSSR count). The van der Waals surface area contributed by atoms with Crippen molar-refractivity contribution in [3.63, 3.8) is 0 Å². The maximum atomic E-state index is 13.8. The Labute approximate surface area is 150 Å². The molecule has 0 radical (unpaired) electrons. The molecule has 0 aromatic heterocycles. The third-order valence-electron chi connectivity index (χ3n) is 3.62. The van der Waals surface area contributed by atoms with Crippen LogP contribution in [-0.2, 0) is 9.84 Å². The zero-order valence-electron chi connectivity index (χ0n) is 13.8. The molecule has 0 aliphatic carbocycles. The van der Waals surface area contributed by atoms with Gasteiger partial charge in [0.15, 0.2) is 21.4 Å². The van der Waals surface area contributed by atoms with Gasteiger partial charge in [-0.2, -0.15) is 0 Å². The van der Waals surface area contributed by atoms with Crippen LogP contribution in [0.2, 0.25) is 5.02 Å². The van der Waals surface area contributed by atoms with Crippen LogP contribution in [0.4, 0.5) is 4.39 Å². The van der Waals surface area contributed by atoms with Crippen LogP contribution < -0.4 is 10.1 Å². The first-order chi connectivity index (χ1) is 11.6. The molecule has 0 aliphatic heterocycles. The number of amides is 1. The van der Waals surface area contributed by atoms with Gasteiger partial charge in [-0.25, -0.2) is 12.8 Å². The third kappa shape index (κ3) is 4.49. The number of rotatable bonds is 5. The van der Waals surface area contributed by atoms with Crippen LogP contribution in [0.1, 0.15) is 28.9 Å². The minimum atomic E-state index is -3.56. The van der Waals surface area contributed by atoms with Gasteiger partial charge >= 0.3 is 0 Å². The topological polar surface area (TPSA) is 72.5 Å². The Kier molecular flexibility index (Phi) is 5.69. The Morgan fingerprint density at radius 1 is 1.24 bits per heavy atom. The predicted octanol–water partition coefficient (Wildman–Crippen LogP) is 3.38. The van der Waals surface area contributed by atoms with Gasteiger partial charge in [0, 0.05) is 11.8 Å². The summed E-state index contributed by atoms with van der Waals surface area (Å²) in [6, 6.07) is 7.87. The number of halogens is 2. The van der Waals surface area contributed by atoms with E-state index >= 15 is 0 Å². The van der Waals surface area contributed by atoms with Gasteiger partial charge in [0.1, 0.15) is 0 Å². The second kappa shape index (κ2) is 7.41. The number of sulfone groups is 1. The van der Waals surface area contributed by atoms with Crippen LogP contribution in [0.15, 0.2) is 41.3 Å². The van der Waals surface area contributed by atoms with Crippen LogP contribution in [0, 0.1) is 5.82 Å². The van der Waals surface area contributed by atoms with E-state index in [2.05, 4.69) is 5.32 Å². The van der Waals surface area contributed by atoms with Crippen molar-refractivity contribution in [2.45, 2.75) is 17.9 Å². The molecule has 0 aliphatic rings. The fourth-order valence-electron chi connectivity index (χ4n) is 2.24. The number of ether oxygens (including phenoxy) is 1. The van der Waals surface area contributed by atoms with E-state index in [9.17, 15) is 17.6 Å². The third-order valence-corrected chi connectivity index (χ3v) is 5.19. The Balaban J connectivity index is 2.23. The molecular weight excluding hydrogens is 369 g/mol. The molecule has 134 valence electrons. The van der Waals surface area contributed by atoms with Crippen molar-refractivity contribution in [1.82, 2.24) is 5.32 Å². The number of methoxy groups -OCH3 is 1. The van der Waals surface area contributed by atoms with Crippen molar-refractivity contribution in [3.05, 3.63) is 58.4 Å². The van der Waals surface area contributed by atoms with Crippen molar-refractivity contribution in [2.24, 2.45) is 0 Å². The Morgan fingerprint density at radius 2 is 1.92 bits per heavy atom. The Bertz CT molecular complexity index is 915. The lowest BCUT2D eigenvalue weighted by molar-refractivity contribution is 0.0939. The number of carbonyl (C=O) groups is 1. The quantitative estimate of drug-likeness (QED) is 0.856. The lowest BCUT2D eigenvalue weighted by Crippen LogP contribution is -2.27. The largest absolute Gasteiger partial charge is 0.494 e. The molecule has 1 amide bonds. The van der Waals surface area contributed by atoms with E-state index in [-0.39, 0.29) is 21.2 Å². The van der Waals surface area contributed by atoms with Gasteiger partial charge < -0.3 is 10.1 Å². The average molecular weight is 386 g/mol. The normalized spacial score (nSPS) is 12.5. The molecule has 1 atom stereocenters.